The predicted molar refractivity (Wildman–Crippen MR) is 90.0 cm³/mol. The fourth-order valence-electron chi connectivity index (χ4n) is 2.35. The SMILES string of the molecule is CCCCc1ccc(OCCCc2ccc(C#N)cc2)cc1. The van der Waals surface area contributed by atoms with Gasteiger partial charge in [0.05, 0.1) is 18.2 Å². The van der Waals surface area contributed by atoms with Gasteiger partial charge in [0.25, 0.3) is 0 Å². The third kappa shape index (κ3) is 5.26. The second-order valence-electron chi connectivity index (χ2n) is 5.51. The molecule has 0 aromatic heterocycles. The van der Waals surface area contributed by atoms with Crippen LogP contribution in [-0.2, 0) is 12.8 Å². The fourth-order valence-corrected chi connectivity index (χ4v) is 2.35. The lowest BCUT2D eigenvalue weighted by molar-refractivity contribution is 0.311. The summed E-state index contributed by atoms with van der Waals surface area (Å²) in [6.07, 6.45) is 5.57. The molecule has 22 heavy (non-hydrogen) atoms. The van der Waals surface area contributed by atoms with E-state index in [1.54, 1.807) is 0 Å². The zero-order valence-corrected chi connectivity index (χ0v) is 13.2. The first-order valence-corrected chi connectivity index (χ1v) is 8.02. The first-order chi connectivity index (χ1) is 10.8. The summed E-state index contributed by atoms with van der Waals surface area (Å²) in [7, 11) is 0. The van der Waals surface area contributed by atoms with Crippen molar-refractivity contribution in [2.45, 2.75) is 39.0 Å². The highest BCUT2D eigenvalue weighted by Crippen LogP contribution is 2.14. The van der Waals surface area contributed by atoms with Crippen LogP contribution < -0.4 is 4.74 Å². The van der Waals surface area contributed by atoms with Crippen LogP contribution in [0.2, 0.25) is 0 Å². The molecule has 2 rings (SSSR count). The largest absolute Gasteiger partial charge is 0.494 e. The molecular formula is C20H23NO. The molecule has 0 unspecified atom stereocenters. The van der Waals surface area contributed by atoms with Crippen LogP contribution in [0.15, 0.2) is 48.5 Å². The molecule has 0 radical (unpaired) electrons. The molecule has 0 atom stereocenters. The van der Waals surface area contributed by atoms with E-state index < -0.39 is 0 Å². The van der Waals surface area contributed by atoms with Crippen LogP contribution in [0, 0.1) is 11.3 Å². The molecule has 2 aromatic rings. The minimum atomic E-state index is 0.711. The normalized spacial score (nSPS) is 10.2. The molecule has 2 heteroatoms. The Morgan fingerprint density at radius 1 is 0.864 bits per heavy atom. The quantitative estimate of drug-likeness (QED) is 0.648. The Hall–Kier alpha value is -2.27. The van der Waals surface area contributed by atoms with Gasteiger partial charge in [0.2, 0.25) is 0 Å². The van der Waals surface area contributed by atoms with Crippen LogP contribution in [0.5, 0.6) is 5.75 Å². The maximum Gasteiger partial charge on any atom is 0.119 e. The fraction of sp³-hybridized carbons (Fsp3) is 0.350. The summed E-state index contributed by atoms with van der Waals surface area (Å²) < 4.78 is 5.78. The molecule has 0 aliphatic carbocycles. The maximum atomic E-state index is 8.77. The summed E-state index contributed by atoms with van der Waals surface area (Å²) >= 11 is 0. The minimum absolute atomic E-state index is 0.711. The molecule has 0 aliphatic heterocycles. The van der Waals surface area contributed by atoms with Crippen molar-refractivity contribution in [1.29, 1.82) is 5.26 Å². The van der Waals surface area contributed by atoms with Crippen molar-refractivity contribution in [3.63, 3.8) is 0 Å². The van der Waals surface area contributed by atoms with Crippen LogP contribution in [0.1, 0.15) is 42.9 Å². The first kappa shape index (κ1) is 16.1. The van der Waals surface area contributed by atoms with Crippen molar-refractivity contribution in [3.8, 4) is 11.8 Å². The molecule has 0 fully saturated rings. The maximum absolute atomic E-state index is 8.77. The van der Waals surface area contributed by atoms with Gasteiger partial charge in [-0.1, -0.05) is 37.6 Å². The molecular weight excluding hydrogens is 270 g/mol. The number of hydrogen-bond donors (Lipinski definition) is 0. The Bertz CT molecular complexity index is 593. The van der Waals surface area contributed by atoms with Crippen LogP contribution in [0.4, 0.5) is 0 Å². The lowest BCUT2D eigenvalue weighted by atomic mass is 10.1. The van der Waals surface area contributed by atoms with E-state index in [2.05, 4.69) is 37.3 Å². The van der Waals surface area contributed by atoms with Gasteiger partial charge in [-0.3, -0.25) is 0 Å². The molecule has 0 heterocycles. The Labute approximate surface area is 133 Å². The second-order valence-corrected chi connectivity index (χ2v) is 5.51. The standard InChI is InChI=1S/C20H23NO/c1-2-3-5-17-11-13-20(14-12-17)22-15-4-6-18-7-9-19(16-21)10-8-18/h7-14H,2-6,15H2,1H3. The predicted octanol–water partition coefficient (Wildman–Crippen LogP) is 4.91. The molecule has 114 valence electrons. The molecule has 0 saturated heterocycles. The molecule has 0 N–H and O–H groups in total. The van der Waals surface area contributed by atoms with E-state index in [4.69, 9.17) is 10.00 Å². The summed E-state index contributed by atoms with van der Waals surface area (Å²) in [6.45, 7) is 2.93. The summed E-state index contributed by atoms with van der Waals surface area (Å²) in [5, 5.41) is 8.77. The number of nitrogens with zero attached hydrogens (tertiary/aromatic N) is 1. The molecule has 0 aliphatic rings. The molecule has 0 saturated carbocycles. The summed E-state index contributed by atoms with van der Waals surface area (Å²) in [4.78, 5) is 0. The number of aryl methyl sites for hydroxylation is 2. The Morgan fingerprint density at radius 3 is 2.05 bits per heavy atom. The number of hydrogen-bond acceptors (Lipinski definition) is 2. The van der Waals surface area contributed by atoms with Gasteiger partial charge < -0.3 is 4.74 Å². The average molecular weight is 293 g/mol. The number of benzene rings is 2. The third-order valence-corrected chi connectivity index (χ3v) is 3.70. The Morgan fingerprint density at radius 2 is 1.45 bits per heavy atom. The molecule has 2 aromatic carbocycles. The molecule has 0 spiro atoms. The van der Waals surface area contributed by atoms with Crippen molar-refractivity contribution >= 4 is 0 Å². The van der Waals surface area contributed by atoms with Gasteiger partial charge in [-0.2, -0.15) is 5.26 Å². The van der Waals surface area contributed by atoms with E-state index in [0.29, 0.717) is 12.2 Å². The van der Waals surface area contributed by atoms with Crippen LogP contribution in [0.25, 0.3) is 0 Å². The zero-order chi connectivity index (χ0) is 15.6. The van der Waals surface area contributed by atoms with Crippen molar-refractivity contribution in [3.05, 3.63) is 65.2 Å². The Kier molecular flexibility index (Phi) is 6.51. The summed E-state index contributed by atoms with van der Waals surface area (Å²) in [5.41, 5.74) is 3.34. The van der Waals surface area contributed by atoms with Crippen molar-refractivity contribution in [1.82, 2.24) is 0 Å². The number of nitriles is 1. The minimum Gasteiger partial charge on any atom is -0.494 e. The van der Waals surface area contributed by atoms with Crippen LogP contribution >= 0.6 is 0 Å². The number of ether oxygens (including phenoxy) is 1. The van der Waals surface area contributed by atoms with Crippen LogP contribution in [-0.4, -0.2) is 6.61 Å². The van der Waals surface area contributed by atoms with Gasteiger partial charge in [-0.25, -0.2) is 0 Å². The highest BCUT2D eigenvalue weighted by molar-refractivity contribution is 5.31. The third-order valence-electron chi connectivity index (χ3n) is 3.70. The topological polar surface area (TPSA) is 33.0 Å². The monoisotopic (exact) mass is 293 g/mol. The van der Waals surface area contributed by atoms with Crippen molar-refractivity contribution < 1.29 is 4.74 Å². The van der Waals surface area contributed by atoms with Gasteiger partial charge in [-0.15, -0.1) is 0 Å². The molecule has 0 bridgehead atoms. The van der Waals surface area contributed by atoms with E-state index in [1.165, 1.54) is 24.0 Å². The highest BCUT2D eigenvalue weighted by Gasteiger charge is 1.98. The van der Waals surface area contributed by atoms with E-state index in [-0.39, 0.29) is 0 Å². The lowest BCUT2D eigenvalue weighted by Gasteiger charge is -2.07. The second kappa shape index (κ2) is 8.89. The first-order valence-electron chi connectivity index (χ1n) is 8.02. The van der Waals surface area contributed by atoms with Crippen molar-refractivity contribution in [2.75, 3.05) is 6.61 Å². The summed E-state index contributed by atoms with van der Waals surface area (Å²) in [6, 6.07) is 18.3. The van der Waals surface area contributed by atoms with Gasteiger partial charge in [-0.05, 0) is 61.1 Å². The molecule has 2 nitrogen and oxygen atoms in total. The van der Waals surface area contributed by atoms with Gasteiger partial charge in [0.15, 0.2) is 0 Å². The smallest absolute Gasteiger partial charge is 0.119 e. The molecule has 0 amide bonds. The Balaban J connectivity index is 1.70. The summed E-state index contributed by atoms with van der Waals surface area (Å²) in [5.74, 6) is 0.945. The van der Waals surface area contributed by atoms with Crippen LogP contribution in [0.3, 0.4) is 0 Å². The highest BCUT2D eigenvalue weighted by atomic mass is 16.5. The number of unbranched alkanes of at least 4 members (excludes halogenated alkanes) is 1. The number of rotatable bonds is 8. The van der Waals surface area contributed by atoms with Crippen molar-refractivity contribution in [2.24, 2.45) is 0 Å². The van der Waals surface area contributed by atoms with Gasteiger partial charge in [0, 0.05) is 0 Å². The van der Waals surface area contributed by atoms with Gasteiger partial charge in [0.1, 0.15) is 5.75 Å². The zero-order valence-electron chi connectivity index (χ0n) is 13.2. The van der Waals surface area contributed by atoms with E-state index in [9.17, 15) is 0 Å². The van der Waals surface area contributed by atoms with E-state index in [1.807, 2.05) is 24.3 Å². The van der Waals surface area contributed by atoms with Gasteiger partial charge >= 0.3 is 0 Å². The average Bonchev–Trinajstić information content (AvgIpc) is 2.58. The van der Waals surface area contributed by atoms with E-state index in [0.717, 1.165) is 25.0 Å². The lowest BCUT2D eigenvalue weighted by Crippen LogP contribution is -1.99. The van der Waals surface area contributed by atoms with E-state index >= 15 is 0 Å².